The van der Waals surface area contributed by atoms with Crippen molar-refractivity contribution >= 4 is 6.03 Å². The molecule has 24 heavy (non-hydrogen) atoms. The molecule has 0 radical (unpaired) electrons. The highest BCUT2D eigenvalue weighted by molar-refractivity contribution is 5.75. The molecule has 2 unspecified atom stereocenters. The van der Waals surface area contributed by atoms with Crippen molar-refractivity contribution in [1.82, 2.24) is 10.6 Å². The monoisotopic (exact) mass is 340 g/mol. The number of nitrogens with one attached hydrogen (secondary N) is 2. The minimum atomic E-state index is -1.01. The van der Waals surface area contributed by atoms with Crippen LogP contribution in [-0.2, 0) is 0 Å². The maximum absolute atomic E-state index is 13.7. The lowest BCUT2D eigenvalue weighted by Crippen LogP contribution is -2.38. The Balaban J connectivity index is 2.00. The first-order valence-electron chi connectivity index (χ1n) is 7.25. The van der Waals surface area contributed by atoms with Gasteiger partial charge in [-0.1, -0.05) is 12.1 Å². The van der Waals surface area contributed by atoms with Gasteiger partial charge in [0.25, 0.3) is 0 Å². The van der Waals surface area contributed by atoms with Crippen LogP contribution >= 0.6 is 0 Å². The Hall–Kier alpha value is -2.57. The summed E-state index contributed by atoms with van der Waals surface area (Å²) in [5.74, 6) is -3.46. The fraction of sp³-hybridized carbons (Fsp3) is 0.235. The summed E-state index contributed by atoms with van der Waals surface area (Å²) in [5, 5.41) is 5.04. The third-order valence-corrected chi connectivity index (χ3v) is 3.57. The Kier molecular flexibility index (Phi) is 5.43. The van der Waals surface area contributed by atoms with Gasteiger partial charge in [-0.3, -0.25) is 0 Å². The summed E-state index contributed by atoms with van der Waals surface area (Å²) >= 11 is 0. The molecule has 0 aliphatic carbocycles. The molecule has 3 nitrogen and oxygen atoms in total. The molecule has 0 bridgehead atoms. The fourth-order valence-electron chi connectivity index (χ4n) is 2.23. The first kappa shape index (κ1) is 17.8. The lowest BCUT2D eigenvalue weighted by Gasteiger charge is -2.19. The van der Waals surface area contributed by atoms with Crippen LogP contribution in [0.2, 0.25) is 0 Å². The lowest BCUT2D eigenvalue weighted by atomic mass is 10.1. The fourth-order valence-corrected chi connectivity index (χ4v) is 2.23. The molecule has 0 heterocycles. The Labute approximate surface area is 136 Å². The van der Waals surface area contributed by atoms with Crippen LogP contribution in [0.15, 0.2) is 36.4 Å². The second-order valence-electron chi connectivity index (χ2n) is 5.40. The van der Waals surface area contributed by atoms with Gasteiger partial charge in [0.15, 0.2) is 11.6 Å². The molecule has 0 saturated carbocycles. The van der Waals surface area contributed by atoms with E-state index >= 15 is 0 Å². The molecule has 2 aromatic carbocycles. The summed E-state index contributed by atoms with van der Waals surface area (Å²) in [7, 11) is 0. The van der Waals surface area contributed by atoms with Gasteiger partial charge in [-0.15, -0.1) is 0 Å². The van der Waals surface area contributed by atoms with Crippen LogP contribution in [-0.4, -0.2) is 6.03 Å². The second kappa shape index (κ2) is 7.33. The van der Waals surface area contributed by atoms with Crippen molar-refractivity contribution in [3.63, 3.8) is 0 Å². The quantitative estimate of drug-likeness (QED) is 0.798. The molecular formula is C17H16F4N2O. The molecule has 0 fully saturated rings. The van der Waals surface area contributed by atoms with E-state index in [2.05, 4.69) is 10.6 Å². The number of rotatable bonds is 4. The van der Waals surface area contributed by atoms with Gasteiger partial charge in [-0.05, 0) is 37.6 Å². The van der Waals surface area contributed by atoms with E-state index in [1.807, 2.05) is 0 Å². The first-order valence-corrected chi connectivity index (χ1v) is 7.25. The largest absolute Gasteiger partial charge is 0.332 e. The van der Waals surface area contributed by atoms with Gasteiger partial charge in [-0.2, -0.15) is 0 Å². The molecule has 7 heteroatoms. The topological polar surface area (TPSA) is 41.1 Å². The molecule has 0 aliphatic heterocycles. The minimum absolute atomic E-state index is 0.132. The number of amides is 2. The van der Waals surface area contributed by atoms with Gasteiger partial charge in [0.1, 0.15) is 11.6 Å². The predicted molar refractivity (Wildman–Crippen MR) is 81.2 cm³/mol. The van der Waals surface area contributed by atoms with Crippen molar-refractivity contribution in [1.29, 1.82) is 0 Å². The van der Waals surface area contributed by atoms with Crippen LogP contribution < -0.4 is 10.6 Å². The molecule has 0 aliphatic rings. The van der Waals surface area contributed by atoms with E-state index < -0.39 is 41.4 Å². The van der Waals surface area contributed by atoms with Gasteiger partial charge < -0.3 is 10.6 Å². The first-order chi connectivity index (χ1) is 11.3. The Morgan fingerprint density at radius 2 is 1.50 bits per heavy atom. The molecule has 0 aromatic heterocycles. The normalized spacial score (nSPS) is 13.2. The number of urea groups is 1. The van der Waals surface area contributed by atoms with Crippen molar-refractivity contribution in [2.24, 2.45) is 0 Å². The van der Waals surface area contributed by atoms with Crippen LogP contribution in [0, 0.1) is 23.3 Å². The smallest absolute Gasteiger partial charge is 0.315 e. The standard InChI is InChI=1S/C17H16F4N2O/c1-9(11-3-6-14(19)16(21)7-11)22-17(24)23-10(2)13-5-4-12(18)8-15(13)20/h3-10H,1-2H3,(H2,22,23,24). The maximum Gasteiger partial charge on any atom is 0.315 e. The number of halogens is 4. The predicted octanol–water partition coefficient (Wildman–Crippen LogP) is 4.36. The Morgan fingerprint density at radius 3 is 2.12 bits per heavy atom. The number of hydrogen-bond donors (Lipinski definition) is 2. The summed E-state index contributed by atoms with van der Waals surface area (Å²) in [6.45, 7) is 3.13. The summed E-state index contributed by atoms with van der Waals surface area (Å²) in [6, 6.07) is 4.46. The van der Waals surface area contributed by atoms with Crippen LogP contribution in [0.3, 0.4) is 0 Å². The molecule has 0 spiro atoms. The van der Waals surface area contributed by atoms with Gasteiger partial charge in [-0.25, -0.2) is 22.4 Å². The molecule has 2 atom stereocenters. The van der Waals surface area contributed by atoms with Gasteiger partial charge in [0, 0.05) is 11.6 Å². The van der Waals surface area contributed by atoms with Crippen LogP contribution in [0.4, 0.5) is 22.4 Å². The summed E-state index contributed by atoms with van der Waals surface area (Å²) < 4.78 is 52.7. The third-order valence-electron chi connectivity index (χ3n) is 3.57. The maximum atomic E-state index is 13.7. The molecular weight excluding hydrogens is 324 g/mol. The second-order valence-corrected chi connectivity index (χ2v) is 5.40. The number of hydrogen-bond acceptors (Lipinski definition) is 1. The van der Waals surface area contributed by atoms with Crippen molar-refractivity contribution in [2.75, 3.05) is 0 Å². The van der Waals surface area contributed by atoms with Crippen LogP contribution in [0.5, 0.6) is 0 Å². The highest BCUT2D eigenvalue weighted by Gasteiger charge is 2.16. The number of carbonyl (C=O) groups is 1. The van der Waals surface area contributed by atoms with Crippen molar-refractivity contribution in [3.05, 3.63) is 70.8 Å². The van der Waals surface area contributed by atoms with Crippen LogP contribution in [0.1, 0.15) is 37.1 Å². The van der Waals surface area contributed by atoms with E-state index in [9.17, 15) is 22.4 Å². The zero-order chi connectivity index (χ0) is 17.9. The molecule has 2 amide bonds. The highest BCUT2D eigenvalue weighted by atomic mass is 19.2. The van der Waals surface area contributed by atoms with E-state index in [1.54, 1.807) is 6.92 Å². The van der Waals surface area contributed by atoms with Gasteiger partial charge in [0.2, 0.25) is 0 Å². The van der Waals surface area contributed by atoms with Crippen molar-refractivity contribution in [3.8, 4) is 0 Å². The van der Waals surface area contributed by atoms with E-state index in [4.69, 9.17) is 0 Å². The van der Waals surface area contributed by atoms with Crippen LogP contribution in [0.25, 0.3) is 0 Å². The third kappa shape index (κ3) is 4.24. The molecule has 2 N–H and O–H groups in total. The lowest BCUT2D eigenvalue weighted by molar-refractivity contribution is 0.234. The average Bonchev–Trinajstić information content (AvgIpc) is 2.49. The van der Waals surface area contributed by atoms with E-state index in [0.717, 1.165) is 24.3 Å². The zero-order valence-electron chi connectivity index (χ0n) is 13.0. The molecule has 2 aromatic rings. The van der Waals surface area contributed by atoms with Crippen molar-refractivity contribution < 1.29 is 22.4 Å². The number of benzene rings is 2. The van der Waals surface area contributed by atoms with E-state index in [0.29, 0.717) is 5.56 Å². The molecule has 128 valence electrons. The average molecular weight is 340 g/mol. The minimum Gasteiger partial charge on any atom is -0.332 e. The highest BCUT2D eigenvalue weighted by Crippen LogP contribution is 2.19. The Bertz CT molecular complexity index is 751. The number of carbonyl (C=O) groups excluding carboxylic acids is 1. The zero-order valence-corrected chi connectivity index (χ0v) is 13.0. The Morgan fingerprint density at radius 1 is 0.833 bits per heavy atom. The SMILES string of the molecule is CC(NC(=O)NC(C)c1ccc(F)cc1F)c1ccc(F)c(F)c1. The van der Waals surface area contributed by atoms with Crippen molar-refractivity contribution in [2.45, 2.75) is 25.9 Å². The van der Waals surface area contributed by atoms with Gasteiger partial charge >= 0.3 is 6.03 Å². The molecule has 2 rings (SSSR count). The van der Waals surface area contributed by atoms with E-state index in [1.165, 1.54) is 19.1 Å². The summed E-state index contributed by atoms with van der Waals surface area (Å²) in [6.07, 6.45) is 0. The summed E-state index contributed by atoms with van der Waals surface area (Å²) in [5.41, 5.74) is 0.511. The van der Waals surface area contributed by atoms with Gasteiger partial charge in [0.05, 0.1) is 12.1 Å². The van der Waals surface area contributed by atoms with E-state index in [-0.39, 0.29) is 5.56 Å². The summed E-state index contributed by atoms with van der Waals surface area (Å²) in [4.78, 5) is 12.0. The molecule has 0 saturated heterocycles.